The Bertz CT molecular complexity index is 718. The van der Waals surface area contributed by atoms with Gasteiger partial charge >= 0.3 is 5.97 Å². The third kappa shape index (κ3) is 2.96. The SMILES string of the molecule is COC(=O)Cn1cc(NS(=O)(=O)c2ccnn2C)cn1. The molecule has 0 amide bonds. The molecule has 0 saturated carbocycles. The third-order valence-corrected chi connectivity index (χ3v) is 3.91. The lowest BCUT2D eigenvalue weighted by molar-refractivity contribution is -0.141. The Hall–Kier alpha value is -2.36. The van der Waals surface area contributed by atoms with Gasteiger partial charge < -0.3 is 4.74 Å². The molecule has 0 saturated heterocycles. The molecule has 0 aliphatic rings. The van der Waals surface area contributed by atoms with Gasteiger partial charge in [-0.3, -0.25) is 18.9 Å². The van der Waals surface area contributed by atoms with E-state index in [1.165, 1.54) is 48.2 Å². The normalized spacial score (nSPS) is 11.3. The summed E-state index contributed by atoms with van der Waals surface area (Å²) in [6.07, 6.45) is 4.08. The second kappa shape index (κ2) is 5.33. The maximum atomic E-state index is 12.1. The van der Waals surface area contributed by atoms with Crippen LogP contribution in [0.3, 0.4) is 0 Å². The molecule has 108 valence electrons. The molecule has 0 aliphatic carbocycles. The van der Waals surface area contributed by atoms with E-state index in [1.807, 2.05) is 0 Å². The number of carbonyl (C=O) groups excluding carboxylic acids is 1. The van der Waals surface area contributed by atoms with Crippen LogP contribution in [0, 0.1) is 0 Å². The Morgan fingerprint density at radius 2 is 2.20 bits per heavy atom. The van der Waals surface area contributed by atoms with Crippen LogP contribution < -0.4 is 4.72 Å². The van der Waals surface area contributed by atoms with Crippen LogP contribution in [0.2, 0.25) is 0 Å². The van der Waals surface area contributed by atoms with Crippen molar-refractivity contribution >= 4 is 21.7 Å². The zero-order chi connectivity index (χ0) is 14.8. The highest BCUT2D eigenvalue weighted by molar-refractivity contribution is 7.92. The van der Waals surface area contributed by atoms with Crippen molar-refractivity contribution in [3.05, 3.63) is 24.7 Å². The number of sulfonamides is 1. The summed E-state index contributed by atoms with van der Waals surface area (Å²) in [5.41, 5.74) is 0.245. The van der Waals surface area contributed by atoms with Crippen LogP contribution in [0.4, 0.5) is 5.69 Å². The lowest BCUT2D eigenvalue weighted by Gasteiger charge is -2.05. The van der Waals surface area contributed by atoms with Crippen molar-refractivity contribution in [3.63, 3.8) is 0 Å². The Balaban J connectivity index is 2.15. The van der Waals surface area contributed by atoms with E-state index in [2.05, 4.69) is 19.7 Å². The van der Waals surface area contributed by atoms with Crippen molar-refractivity contribution in [2.24, 2.45) is 7.05 Å². The number of nitrogens with zero attached hydrogens (tertiary/aromatic N) is 4. The number of aromatic nitrogens is 4. The van der Waals surface area contributed by atoms with Crippen LogP contribution in [0.1, 0.15) is 0 Å². The highest BCUT2D eigenvalue weighted by Crippen LogP contribution is 2.14. The Kier molecular flexibility index (Phi) is 3.74. The van der Waals surface area contributed by atoms with Crippen molar-refractivity contribution in [1.29, 1.82) is 0 Å². The quantitative estimate of drug-likeness (QED) is 0.752. The van der Waals surface area contributed by atoms with Gasteiger partial charge in [-0.05, 0) is 6.07 Å². The number of hydrogen-bond acceptors (Lipinski definition) is 6. The molecule has 2 aromatic heterocycles. The molecule has 0 radical (unpaired) electrons. The number of nitrogens with one attached hydrogen (secondary N) is 1. The molecule has 0 aliphatic heterocycles. The van der Waals surface area contributed by atoms with E-state index >= 15 is 0 Å². The number of ether oxygens (including phenoxy) is 1. The summed E-state index contributed by atoms with van der Waals surface area (Å²) >= 11 is 0. The number of aryl methyl sites for hydroxylation is 1. The van der Waals surface area contributed by atoms with E-state index in [0.29, 0.717) is 0 Å². The summed E-state index contributed by atoms with van der Waals surface area (Å²) in [6.45, 7) is -0.0933. The Labute approximate surface area is 115 Å². The summed E-state index contributed by atoms with van der Waals surface area (Å²) < 4.78 is 33.5. The fourth-order valence-electron chi connectivity index (χ4n) is 1.53. The number of rotatable bonds is 5. The second-order valence-electron chi connectivity index (χ2n) is 3.90. The summed E-state index contributed by atoms with van der Waals surface area (Å²) in [6, 6.07) is 1.38. The first-order chi connectivity index (χ1) is 9.42. The molecule has 0 atom stereocenters. The van der Waals surface area contributed by atoms with Gasteiger partial charge in [0.1, 0.15) is 6.54 Å². The van der Waals surface area contributed by atoms with Gasteiger partial charge in [-0.15, -0.1) is 0 Å². The minimum Gasteiger partial charge on any atom is -0.468 e. The topological polar surface area (TPSA) is 108 Å². The first-order valence-electron chi connectivity index (χ1n) is 5.52. The van der Waals surface area contributed by atoms with Crippen molar-refractivity contribution in [3.8, 4) is 0 Å². The molecular formula is C10H13N5O4S. The van der Waals surface area contributed by atoms with Crippen LogP contribution in [0.15, 0.2) is 29.7 Å². The third-order valence-electron chi connectivity index (χ3n) is 2.46. The lowest BCUT2D eigenvalue weighted by Crippen LogP contribution is -2.16. The van der Waals surface area contributed by atoms with E-state index < -0.39 is 16.0 Å². The van der Waals surface area contributed by atoms with Crippen molar-refractivity contribution in [2.45, 2.75) is 11.6 Å². The Morgan fingerprint density at radius 3 is 2.80 bits per heavy atom. The minimum atomic E-state index is -3.74. The van der Waals surface area contributed by atoms with Gasteiger partial charge in [0.15, 0.2) is 5.03 Å². The van der Waals surface area contributed by atoms with Gasteiger partial charge in [0.25, 0.3) is 10.0 Å². The first kappa shape index (κ1) is 14.1. The van der Waals surface area contributed by atoms with E-state index in [1.54, 1.807) is 0 Å². The molecule has 0 bridgehead atoms. The van der Waals surface area contributed by atoms with Gasteiger partial charge in [-0.1, -0.05) is 0 Å². The van der Waals surface area contributed by atoms with E-state index in [9.17, 15) is 13.2 Å². The molecule has 0 fully saturated rings. The molecule has 0 unspecified atom stereocenters. The van der Waals surface area contributed by atoms with Gasteiger partial charge in [0.2, 0.25) is 0 Å². The van der Waals surface area contributed by atoms with Crippen LogP contribution >= 0.6 is 0 Å². The monoisotopic (exact) mass is 299 g/mol. The molecule has 0 aromatic carbocycles. The molecular weight excluding hydrogens is 286 g/mol. The van der Waals surface area contributed by atoms with E-state index in [0.717, 1.165) is 0 Å². The summed E-state index contributed by atoms with van der Waals surface area (Å²) in [7, 11) is -0.956. The predicted octanol–water partition coefficient (Wildman–Crippen LogP) is -0.410. The van der Waals surface area contributed by atoms with Crippen molar-refractivity contribution < 1.29 is 17.9 Å². The van der Waals surface area contributed by atoms with Crippen LogP contribution in [-0.2, 0) is 33.1 Å². The molecule has 0 spiro atoms. The molecule has 9 nitrogen and oxygen atoms in total. The van der Waals surface area contributed by atoms with E-state index in [-0.39, 0.29) is 17.3 Å². The lowest BCUT2D eigenvalue weighted by atomic mass is 10.6. The van der Waals surface area contributed by atoms with Crippen LogP contribution in [0.5, 0.6) is 0 Å². The van der Waals surface area contributed by atoms with Gasteiger partial charge in [0.05, 0.1) is 25.2 Å². The highest BCUT2D eigenvalue weighted by atomic mass is 32.2. The van der Waals surface area contributed by atoms with Crippen LogP contribution in [0.25, 0.3) is 0 Å². The smallest absolute Gasteiger partial charge is 0.327 e. The maximum Gasteiger partial charge on any atom is 0.327 e. The summed E-state index contributed by atoms with van der Waals surface area (Å²) in [5, 5.41) is 7.68. The molecule has 20 heavy (non-hydrogen) atoms. The average Bonchev–Trinajstić information content (AvgIpc) is 2.98. The second-order valence-corrected chi connectivity index (χ2v) is 5.53. The van der Waals surface area contributed by atoms with Gasteiger partial charge in [0, 0.05) is 13.2 Å². The van der Waals surface area contributed by atoms with Gasteiger partial charge in [-0.25, -0.2) is 0 Å². The minimum absolute atomic E-state index is 0.0261. The first-order valence-corrected chi connectivity index (χ1v) is 7.01. The highest BCUT2D eigenvalue weighted by Gasteiger charge is 2.18. The number of anilines is 1. The van der Waals surface area contributed by atoms with Crippen molar-refractivity contribution in [2.75, 3.05) is 11.8 Å². The standard InChI is InChI=1S/C10H13N5O4S/c1-14-9(3-4-11-14)20(17,18)13-8-5-12-15(6-8)7-10(16)19-2/h3-6,13H,7H2,1-2H3. The molecule has 2 aromatic rings. The average molecular weight is 299 g/mol. The largest absolute Gasteiger partial charge is 0.468 e. The molecule has 1 N–H and O–H groups in total. The zero-order valence-corrected chi connectivity index (χ0v) is 11.7. The summed E-state index contributed by atoms with van der Waals surface area (Å²) in [5.74, 6) is -0.478. The maximum absolute atomic E-state index is 12.1. The fourth-order valence-corrected chi connectivity index (χ4v) is 2.69. The number of hydrogen-bond donors (Lipinski definition) is 1. The predicted molar refractivity (Wildman–Crippen MR) is 68.3 cm³/mol. The zero-order valence-electron chi connectivity index (χ0n) is 10.8. The van der Waals surface area contributed by atoms with E-state index in [4.69, 9.17) is 0 Å². The Morgan fingerprint density at radius 1 is 1.45 bits per heavy atom. The number of carbonyl (C=O) groups is 1. The molecule has 2 heterocycles. The fraction of sp³-hybridized carbons (Fsp3) is 0.300. The molecule has 10 heteroatoms. The summed E-state index contributed by atoms with van der Waals surface area (Å²) in [4.78, 5) is 11.1. The van der Waals surface area contributed by atoms with Crippen LogP contribution in [-0.4, -0.2) is 41.1 Å². The number of methoxy groups -OCH3 is 1. The van der Waals surface area contributed by atoms with Gasteiger partial charge in [-0.2, -0.15) is 18.6 Å². The number of esters is 1. The van der Waals surface area contributed by atoms with Crippen molar-refractivity contribution in [1.82, 2.24) is 19.6 Å². The molecule has 2 rings (SSSR count).